The Bertz CT molecular complexity index is 490. The first-order valence-corrected chi connectivity index (χ1v) is 8.40. The lowest BCUT2D eigenvalue weighted by Crippen LogP contribution is -2.61. The number of nitrogens with one attached hydrogen (secondary N) is 1. The molecule has 21 heavy (non-hydrogen) atoms. The minimum Gasteiger partial charge on any atom is -0.496 e. The molecule has 1 N–H and O–H groups in total. The Morgan fingerprint density at radius 1 is 1.43 bits per heavy atom. The molecule has 3 nitrogen and oxygen atoms in total. The van der Waals surface area contributed by atoms with Crippen molar-refractivity contribution in [2.24, 2.45) is 5.41 Å². The molecule has 118 valence electrons. The molecular weight excluding hydrogens is 330 g/mol. The van der Waals surface area contributed by atoms with Crippen LogP contribution in [0.4, 0.5) is 0 Å². The number of benzene rings is 1. The Morgan fingerprint density at radius 3 is 2.67 bits per heavy atom. The maximum atomic E-state index is 5.80. The van der Waals surface area contributed by atoms with Crippen LogP contribution < -0.4 is 10.1 Å². The lowest BCUT2D eigenvalue weighted by Gasteiger charge is -2.52. The van der Waals surface area contributed by atoms with Crippen LogP contribution in [0.25, 0.3) is 0 Å². The summed E-state index contributed by atoms with van der Waals surface area (Å²) in [6.45, 7) is 9.63. The number of rotatable bonds is 6. The van der Waals surface area contributed by atoms with Gasteiger partial charge >= 0.3 is 0 Å². The molecule has 0 aromatic heterocycles. The monoisotopic (exact) mass is 355 g/mol. The van der Waals surface area contributed by atoms with Gasteiger partial charge in [0.05, 0.1) is 17.7 Å². The second kappa shape index (κ2) is 6.67. The van der Waals surface area contributed by atoms with E-state index in [4.69, 9.17) is 9.47 Å². The van der Waals surface area contributed by atoms with Crippen molar-refractivity contribution in [1.29, 1.82) is 0 Å². The largest absolute Gasteiger partial charge is 0.496 e. The standard InChI is InChI=1S/C17H26BrNO2/c1-6-21-16-10-15(17(16,3)4)19-11(2)12-7-8-14(20-5)13(18)9-12/h7-9,11,15-16,19H,6,10H2,1-5H3. The van der Waals surface area contributed by atoms with E-state index in [0.717, 1.165) is 23.2 Å². The van der Waals surface area contributed by atoms with Crippen LogP contribution in [0.3, 0.4) is 0 Å². The third-order valence-corrected chi connectivity index (χ3v) is 5.29. The predicted octanol–water partition coefficient (Wildman–Crippen LogP) is 4.31. The normalized spacial score (nSPS) is 25.2. The van der Waals surface area contributed by atoms with Crippen molar-refractivity contribution in [2.75, 3.05) is 13.7 Å². The zero-order chi connectivity index (χ0) is 15.6. The van der Waals surface area contributed by atoms with Crippen molar-refractivity contribution in [3.63, 3.8) is 0 Å². The Kier molecular flexibility index (Phi) is 5.33. The Balaban J connectivity index is 1.99. The quantitative estimate of drug-likeness (QED) is 0.824. The highest BCUT2D eigenvalue weighted by atomic mass is 79.9. The van der Waals surface area contributed by atoms with Gasteiger partial charge in [-0.3, -0.25) is 0 Å². The summed E-state index contributed by atoms with van der Waals surface area (Å²) in [4.78, 5) is 0. The molecule has 3 unspecified atom stereocenters. The van der Waals surface area contributed by atoms with Crippen LogP contribution in [0.15, 0.2) is 22.7 Å². The van der Waals surface area contributed by atoms with Gasteiger partial charge < -0.3 is 14.8 Å². The van der Waals surface area contributed by atoms with E-state index in [9.17, 15) is 0 Å². The zero-order valence-electron chi connectivity index (χ0n) is 13.6. The Labute approximate surface area is 136 Å². The number of ether oxygens (including phenoxy) is 2. The molecule has 4 heteroatoms. The Hall–Kier alpha value is -0.580. The molecule has 0 amide bonds. The lowest BCUT2D eigenvalue weighted by molar-refractivity contribution is -0.116. The Morgan fingerprint density at radius 2 is 2.14 bits per heavy atom. The van der Waals surface area contributed by atoms with Gasteiger partial charge in [-0.25, -0.2) is 0 Å². The first kappa shape index (κ1) is 16.8. The summed E-state index contributed by atoms with van der Waals surface area (Å²) in [5.41, 5.74) is 1.45. The third-order valence-electron chi connectivity index (χ3n) is 4.67. The van der Waals surface area contributed by atoms with Crippen LogP contribution in [0.1, 0.15) is 45.7 Å². The van der Waals surface area contributed by atoms with E-state index >= 15 is 0 Å². The number of methoxy groups -OCH3 is 1. The van der Waals surface area contributed by atoms with E-state index in [1.807, 2.05) is 6.07 Å². The molecule has 3 atom stereocenters. The summed E-state index contributed by atoms with van der Waals surface area (Å²) in [5.74, 6) is 0.867. The minimum atomic E-state index is 0.188. The highest BCUT2D eigenvalue weighted by molar-refractivity contribution is 9.10. The number of halogens is 1. The van der Waals surface area contributed by atoms with E-state index in [2.05, 4.69) is 61.1 Å². The number of hydrogen-bond acceptors (Lipinski definition) is 3. The van der Waals surface area contributed by atoms with E-state index in [1.165, 1.54) is 5.56 Å². The molecule has 1 aliphatic rings. The first-order valence-electron chi connectivity index (χ1n) is 7.61. The smallest absolute Gasteiger partial charge is 0.133 e. The van der Waals surface area contributed by atoms with Gasteiger partial charge in [-0.2, -0.15) is 0 Å². The van der Waals surface area contributed by atoms with Crippen molar-refractivity contribution in [1.82, 2.24) is 5.32 Å². The molecule has 0 radical (unpaired) electrons. The SMILES string of the molecule is CCOC1CC(NC(C)c2ccc(OC)c(Br)c2)C1(C)C. The molecule has 1 saturated carbocycles. The summed E-state index contributed by atoms with van der Waals surface area (Å²) >= 11 is 3.55. The molecule has 0 aliphatic heterocycles. The molecule has 1 aromatic rings. The first-order chi connectivity index (χ1) is 9.90. The highest BCUT2D eigenvalue weighted by Gasteiger charge is 2.49. The van der Waals surface area contributed by atoms with Gasteiger partial charge in [-0.05, 0) is 53.9 Å². The van der Waals surface area contributed by atoms with E-state index < -0.39 is 0 Å². The van der Waals surface area contributed by atoms with Gasteiger partial charge in [0.15, 0.2) is 0 Å². The van der Waals surface area contributed by atoms with Gasteiger partial charge in [0, 0.05) is 24.1 Å². The highest BCUT2D eigenvalue weighted by Crippen LogP contribution is 2.43. The van der Waals surface area contributed by atoms with Crippen molar-refractivity contribution in [3.8, 4) is 5.75 Å². The summed E-state index contributed by atoms with van der Waals surface area (Å²) in [7, 11) is 1.69. The summed E-state index contributed by atoms with van der Waals surface area (Å²) in [6.07, 6.45) is 1.46. The number of hydrogen-bond donors (Lipinski definition) is 1. The van der Waals surface area contributed by atoms with E-state index in [-0.39, 0.29) is 5.41 Å². The molecule has 0 saturated heterocycles. The van der Waals surface area contributed by atoms with Crippen LogP contribution in [0, 0.1) is 5.41 Å². The summed E-state index contributed by atoms with van der Waals surface area (Å²) in [6, 6.07) is 7.05. The third kappa shape index (κ3) is 3.43. The van der Waals surface area contributed by atoms with Gasteiger partial charge in [-0.1, -0.05) is 19.9 Å². The fourth-order valence-electron chi connectivity index (χ4n) is 3.00. The molecule has 1 aromatic carbocycles. The zero-order valence-corrected chi connectivity index (χ0v) is 15.2. The van der Waals surface area contributed by atoms with Crippen LogP contribution in [-0.4, -0.2) is 25.9 Å². The second-order valence-electron chi connectivity index (χ2n) is 6.34. The fourth-order valence-corrected chi connectivity index (χ4v) is 3.56. The van der Waals surface area contributed by atoms with Gasteiger partial charge in [0.25, 0.3) is 0 Å². The fraction of sp³-hybridized carbons (Fsp3) is 0.647. The van der Waals surface area contributed by atoms with Crippen molar-refractivity contribution in [2.45, 2.75) is 52.3 Å². The van der Waals surface area contributed by atoms with Crippen LogP contribution in [-0.2, 0) is 4.74 Å². The van der Waals surface area contributed by atoms with Gasteiger partial charge in [0.1, 0.15) is 5.75 Å². The van der Waals surface area contributed by atoms with Gasteiger partial charge in [-0.15, -0.1) is 0 Å². The maximum absolute atomic E-state index is 5.80. The molecule has 0 bridgehead atoms. The predicted molar refractivity (Wildman–Crippen MR) is 89.8 cm³/mol. The van der Waals surface area contributed by atoms with E-state index in [0.29, 0.717) is 18.2 Å². The molecular formula is C17H26BrNO2. The topological polar surface area (TPSA) is 30.5 Å². The average Bonchev–Trinajstić information content (AvgIpc) is 2.46. The van der Waals surface area contributed by atoms with Crippen LogP contribution in [0.2, 0.25) is 0 Å². The maximum Gasteiger partial charge on any atom is 0.133 e. The van der Waals surface area contributed by atoms with Crippen molar-refractivity contribution < 1.29 is 9.47 Å². The molecule has 0 spiro atoms. The second-order valence-corrected chi connectivity index (χ2v) is 7.19. The van der Waals surface area contributed by atoms with Crippen LogP contribution >= 0.6 is 15.9 Å². The van der Waals surface area contributed by atoms with Gasteiger partial charge in [0.2, 0.25) is 0 Å². The lowest BCUT2D eigenvalue weighted by atomic mass is 9.64. The molecule has 0 heterocycles. The van der Waals surface area contributed by atoms with Crippen molar-refractivity contribution in [3.05, 3.63) is 28.2 Å². The van der Waals surface area contributed by atoms with Crippen LogP contribution in [0.5, 0.6) is 5.75 Å². The van der Waals surface area contributed by atoms with E-state index in [1.54, 1.807) is 7.11 Å². The molecule has 1 aliphatic carbocycles. The molecule has 2 rings (SSSR count). The minimum absolute atomic E-state index is 0.188. The van der Waals surface area contributed by atoms with Crippen molar-refractivity contribution >= 4 is 15.9 Å². The molecule has 1 fully saturated rings. The summed E-state index contributed by atoms with van der Waals surface area (Å²) < 4.78 is 12.1. The summed E-state index contributed by atoms with van der Waals surface area (Å²) in [5, 5.41) is 3.73. The average molecular weight is 356 g/mol.